The van der Waals surface area contributed by atoms with Crippen LogP contribution in [0.5, 0.6) is 0 Å². The zero-order valence-corrected chi connectivity index (χ0v) is 11.8. The Morgan fingerprint density at radius 3 is 2.78 bits per heavy atom. The molecule has 1 N–H and O–H groups in total. The lowest BCUT2D eigenvalue weighted by Crippen LogP contribution is -2.31. The number of nitrogens with one attached hydrogen (secondary N) is 1. The SMILES string of the molecule is CCCC(C)N(C)c1ncc(F)cc1CNCC. The highest BCUT2D eigenvalue weighted by atomic mass is 19.1. The van der Waals surface area contributed by atoms with E-state index in [1.165, 1.54) is 6.20 Å². The second-order valence-corrected chi connectivity index (χ2v) is 4.67. The largest absolute Gasteiger partial charge is 0.357 e. The highest BCUT2D eigenvalue weighted by Gasteiger charge is 2.14. The second-order valence-electron chi connectivity index (χ2n) is 4.67. The Hall–Kier alpha value is -1.16. The molecule has 0 saturated carbocycles. The molecule has 0 radical (unpaired) electrons. The molecule has 0 aromatic carbocycles. The molecule has 0 fully saturated rings. The Kier molecular flexibility index (Phi) is 6.05. The third-order valence-electron chi connectivity index (χ3n) is 3.18. The summed E-state index contributed by atoms with van der Waals surface area (Å²) >= 11 is 0. The predicted molar refractivity (Wildman–Crippen MR) is 74.3 cm³/mol. The van der Waals surface area contributed by atoms with E-state index < -0.39 is 0 Å². The van der Waals surface area contributed by atoms with E-state index in [4.69, 9.17) is 0 Å². The summed E-state index contributed by atoms with van der Waals surface area (Å²) in [7, 11) is 2.02. The summed E-state index contributed by atoms with van der Waals surface area (Å²) in [6, 6.07) is 1.98. The summed E-state index contributed by atoms with van der Waals surface area (Å²) in [4.78, 5) is 6.38. The molecule has 1 aromatic rings. The van der Waals surface area contributed by atoms with Crippen LogP contribution in [0, 0.1) is 5.82 Å². The standard InChI is InChI=1S/C14H24FN3/c1-5-7-11(3)18(4)14-12(9-16-6-2)8-13(15)10-17-14/h8,10-11,16H,5-7,9H2,1-4H3. The molecule has 1 heterocycles. The number of anilines is 1. The topological polar surface area (TPSA) is 28.2 Å². The number of rotatable bonds is 7. The molecule has 4 heteroatoms. The zero-order chi connectivity index (χ0) is 13.5. The smallest absolute Gasteiger partial charge is 0.141 e. The van der Waals surface area contributed by atoms with Crippen LogP contribution < -0.4 is 10.2 Å². The Morgan fingerprint density at radius 2 is 2.17 bits per heavy atom. The monoisotopic (exact) mass is 253 g/mol. The van der Waals surface area contributed by atoms with Gasteiger partial charge in [-0.05, 0) is 26.0 Å². The van der Waals surface area contributed by atoms with Crippen molar-refractivity contribution in [2.24, 2.45) is 0 Å². The van der Waals surface area contributed by atoms with Crippen molar-refractivity contribution in [2.45, 2.75) is 46.2 Å². The Balaban J connectivity index is 2.91. The predicted octanol–water partition coefficient (Wildman–Crippen LogP) is 2.96. The first kappa shape index (κ1) is 14.9. The number of nitrogens with zero attached hydrogens (tertiary/aromatic N) is 2. The molecule has 18 heavy (non-hydrogen) atoms. The van der Waals surface area contributed by atoms with Crippen LogP contribution in [0.2, 0.25) is 0 Å². The normalized spacial score (nSPS) is 12.5. The number of halogens is 1. The van der Waals surface area contributed by atoms with Gasteiger partial charge in [-0.3, -0.25) is 0 Å². The minimum absolute atomic E-state index is 0.275. The van der Waals surface area contributed by atoms with Crippen LogP contribution in [0.4, 0.5) is 10.2 Å². The Bertz CT molecular complexity index is 368. The van der Waals surface area contributed by atoms with E-state index in [0.717, 1.165) is 30.8 Å². The summed E-state index contributed by atoms with van der Waals surface area (Å²) in [6.07, 6.45) is 3.53. The fourth-order valence-electron chi connectivity index (χ4n) is 2.00. The molecule has 1 atom stereocenters. The molecule has 0 spiro atoms. The van der Waals surface area contributed by atoms with Crippen LogP contribution >= 0.6 is 0 Å². The molecule has 1 aromatic heterocycles. The van der Waals surface area contributed by atoms with Crippen molar-refractivity contribution in [1.82, 2.24) is 10.3 Å². The molecular formula is C14H24FN3. The molecule has 3 nitrogen and oxygen atoms in total. The van der Waals surface area contributed by atoms with Crippen molar-refractivity contribution in [1.29, 1.82) is 0 Å². The first-order valence-corrected chi connectivity index (χ1v) is 6.68. The lowest BCUT2D eigenvalue weighted by molar-refractivity contribution is 0.592. The van der Waals surface area contributed by atoms with Crippen LogP contribution in [-0.2, 0) is 6.54 Å². The third-order valence-corrected chi connectivity index (χ3v) is 3.18. The van der Waals surface area contributed by atoms with Crippen LogP contribution in [0.25, 0.3) is 0 Å². The van der Waals surface area contributed by atoms with Gasteiger partial charge < -0.3 is 10.2 Å². The van der Waals surface area contributed by atoms with E-state index in [1.54, 1.807) is 6.07 Å². The molecule has 0 bridgehead atoms. The average molecular weight is 253 g/mol. The summed E-state index contributed by atoms with van der Waals surface area (Å²) in [6.45, 7) is 7.90. The van der Waals surface area contributed by atoms with E-state index in [-0.39, 0.29) is 5.82 Å². The van der Waals surface area contributed by atoms with Crippen molar-refractivity contribution in [2.75, 3.05) is 18.5 Å². The molecule has 1 rings (SSSR count). The summed E-state index contributed by atoms with van der Waals surface area (Å²) < 4.78 is 13.3. The van der Waals surface area contributed by atoms with E-state index >= 15 is 0 Å². The van der Waals surface area contributed by atoms with Gasteiger partial charge in [-0.1, -0.05) is 20.3 Å². The van der Waals surface area contributed by atoms with Gasteiger partial charge in [0.05, 0.1) is 6.20 Å². The van der Waals surface area contributed by atoms with Crippen LogP contribution in [0.15, 0.2) is 12.3 Å². The molecule has 102 valence electrons. The lowest BCUT2D eigenvalue weighted by Gasteiger charge is -2.27. The lowest BCUT2D eigenvalue weighted by atomic mass is 10.1. The summed E-state index contributed by atoms with van der Waals surface area (Å²) in [5.41, 5.74) is 0.919. The molecule has 0 aliphatic heterocycles. The number of pyridine rings is 1. The second kappa shape index (κ2) is 7.31. The van der Waals surface area contributed by atoms with Crippen LogP contribution in [0.1, 0.15) is 39.2 Å². The van der Waals surface area contributed by atoms with Crippen molar-refractivity contribution < 1.29 is 4.39 Å². The van der Waals surface area contributed by atoms with Gasteiger partial charge in [0, 0.05) is 25.2 Å². The van der Waals surface area contributed by atoms with Crippen LogP contribution in [-0.4, -0.2) is 24.6 Å². The number of hydrogen-bond acceptors (Lipinski definition) is 3. The van der Waals surface area contributed by atoms with E-state index in [2.05, 4.69) is 29.0 Å². The Morgan fingerprint density at radius 1 is 1.44 bits per heavy atom. The van der Waals surface area contributed by atoms with Gasteiger partial charge in [-0.25, -0.2) is 9.37 Å². The van der Waals surface area contributed by atoms with Gasteiger partial charge in [-0.15, -0.1) is 0 Å². The maximum atomic E-state index is 13.3. The molecule has 0 aliphatic carbocycles. The van der Waals surface area contributed by atoms with Gasteiger partial charge in [0.2, 0.25) is 0 Å². The van der Waals surface area contributed by atoms with E-state index in [0.29, 0.717) is 12.6 Å². The summed E-state index contributed by atoms with van der Waals surface area (Å²) in [5, 5.41) is 3.22. The number of hydrogen-bond donors (Lipinski definition) is 1. The van der Waals surface area contributed by atoms with Crippen molar-refractivity contribution >= 4 is 5.82 Å². The fourth-order valence-corrected chi connectivity index (χ4v) is 2.00. The van der Waals surface area contributed by atoms with Crippen molar-refractivity contribution in [3.05, 3.63) is 23.6 Å². The summed E-state index contributed by atoms with van der Waals surface area (Å²) in [5.74, 6) is 0.599. The number of aromatic nitrogens is 1. The minimum atomic E-state index is -0.275. The van der Waals surface area contributed by atoms with E-state index in [9.17, 15) is 4.39 Å². The third kappa shape index (κ3) is 3.95. The molecule has 0 aliphatic rings. The van der Waals surface area contributed by atoms with Gasteiger partial charge in [0.1, 0.15) is 11.6 Å². The molecule has 0 saturated heterocycles. The maximum absolute atomic E-state index is 13.3. The highest BCUT2D eigenvalue weighted by Crippen LogP contribution is 2.20. The van der Waals surface area contributed by atoms with Gasteiger partial charge in [0.25, 0.3) is 0 Å². The van der Waals surface area contributed by atoms with Gasteiger partial charge in [-0.2, -0.15) is 0 Å². The zero-order valence-electron chi connectivity index (χ0n) is 11.8. The minimum Gasteiger partial charge on any atom is -0.357 e. The first-order valence-electron chi connectivity index (χ1n) is 6.68. The Labute approximate surface area is 109 Å². The quantitative estimate of drug-likeness (QED) is 0.809. The van der Waals surface area contributed by atoms with Gasteiger partial charge in [0.15, 0.2) is 0 Å². The highest BCUT2D eigenvalue weighted by molar-refractivity contribution is 5.47. The van der Waals surface area contributed by atoms with Crippen molar-refractivity contribution in [3.63, 3.8) is 0 Å². The molecule has 0 amide bonds. The average Bonchev–Trinajstić information content (AvgIpc) is 2.36. The molecule has 1 unspecified atom stereocenters. The fraction of sp³-hybridized carbons (Fsp3) is 0.643. The van der Waals surface area contributed by atoms with Crippen molar-refractivity contribution in [3.8, 4) is 0 Å². The maximum Gasteiger partial charge on any atom is 0.141 e. The first-order chi connectivity index (χ1) is 8.60. The molecular weight excluding hydrogens is 229 g/mol. The van der Waals surface area contributed by atoms with Crippen LogP contribution in [0.3, 0.4) is 0 Å². The van der Waals surface area contributed by atoms with E-state index in [1.807, 2.05) is 14.0 Å². The van der Waals surface area contributed by atoms with Gasteiger partial charge >= 0.3 is 0 Å².